The monoisotopic (exact) mass is 270 g/mol. The molecule has 1 aliphatic rings. The molecule has 7 heteroatoms. The molecule has 0 aromatic carbocycles. The van der Waals surface area contributed by atoms with E-state index < -0.39 is 0 Å². The molecule has 0 unspecified atom stereocenters. The number of nitrogens with zero attached hydrogens (tertiary/aromatic N) is 3. The number of methoxy groups -OCH3 is 1. The molecule has 0 spiro atoms. The zero-order valence-electron chi connectivity index (χ0n) is 10.7. The smallest absolute Gasteiger partial charge is 0.242 e. The van der Waals surface area contributed by atoms with Crippen LogP contribution < -0.4 is 15.4 Å². The highest BCUT2D eigenvalue weighted by Gasteiger charge is 2.22. The molecule has 1 aromatic heterocycles. The Morgan fingerprint density at radius 1 is 1.56 bits per heavy atom. The van der Waals surface area contributed by atoms with E-state index in [0.717, 1.165) is 30.9 Å². The second-order valence-corrected chi connectivity index (χ2v) is 5.10. The van der Waals surface area contributed by atoms with Crippen molar-refractivity contribution in [3.63, 3.8) is 0 Å². The number of nitrogens with two attached hydrogens (primary N) is 1. The van der Waals surface area contributed by atoms with Crippen LogP contribution in [0.3, 0.4) is 0 Å². The highest BCUT2D eigenvalue weighted by atomic mass is 32.1. The summed E-state index contributed by atoms with van der Waals surface area (Å²) in [5, 5.41) is 0.794. The summed E-state index contributed by atoms with van der Waals surface area (Å²) in [4.78, 5) is 15.8. The molecule has 0 radical (unpaired) electrons. The lowest BCUT2D eigenvalue weighted by molar-refractivity contribution is -0.128. The first-order chi connectivity index (χ1) is 8.63. The van der Waals surface area contributed by atoms with Crippen LogP contribution in [-0.4, -0.2) is 49.0 Å². The van der Waals surface area contributed by atoms with Gasteiger partial charge in [0.2, 0.25) is 5.91 Å². The fourth-order valence-electron chi connectivity index (χ4n) is 2.06. The maximum absolute atomic E-state index is 12.0. The molecule has 6 nitrogen and oxygen atoms in total. The van der Waals surface area contributed by atoms with Crippen molar-refractivity contribution in [3.8, 4) is 5.75 Å². The van der Waals surface area contributed by atoms with Crippen molar-refractivity contribution in [2.24, 2.45) is 0 Å². The molecule has 100 valence electrons. The molecule has 18 heavy (non-hydrogen) atoms. The Bertz CT molecular complexity index is 429. The van der Waals surface area contributed by atoms with Crippen LogP contribution in [0, 0.1) is 0 Å². The van der Waals surface area contributed by atoms with Gasteiger partial charge in [-0.05, 0) is 24.4 Å². The van der Waals surface area contributed by atoms with Crippen molar-refractivity contribution in [2.75, 3.05) is 44.4 Å². The van der Waals surface area contributed by atoms with E-state index in [1.54, 1.807) is 7.11 Å². The Morgan fingerprint density at radius 2 is 2.22 bits per heavy atom. The first-order valence-electron chi connectivity index (χ1n) is 5.91. The first kappa shape index (κ1) is 12.9. The third-order valence-corrected chi connectivity index (χ3v) is 4.00. The number of hydrogen-bond acceptors (Lipinski definition) is 6. The molecule has 2 rings (SSSR count). The standard InChI is InChI=1S/C11H18N4O2S/c1-14(7-8(16)15-5-3-4-6-15)11-9(17-2)10(12)13-18-11/h3-7H2,1-2H3,(H2,12,13). The van der Waals surface area contributed by atoms with Crippen LogP contribution in [0.2, 0.25) is 0 Å². The van der Waals surface area contributed by atoms with Gasteiger partial charge in [-0.25, -0.2) is 0 Å². The van der Waals surface area contributed by atoms with Gasteiger partial charge in [0, 0.05) is 20.1 Å². The predicted molar refractivity (Wildman–Crippen MR) is 72.2 cm³/mol. The number of anilines is 2. The van der Waals surface area contributed by atoms with Crippen LogP contribution in [0.5, 0.6) is 5.75 Å². The van der Waals surface area contributed by atoms with Crippen molar-refractivity contribution < 1.29 is 9.53 Å². The molecule has 2 N–H and O–H groups in total. The lowest BCUT2D eigenvalue weighted by Gasteiger charge is -2.21. The van der Waals surface area contributed by atoms with Crippen molar-refractivity contribution in [3.05, 3.63) is 0 Å². The molecule has 1 saturated heterocycles. The van der Waals surface area contributed by atoms with Gasteiger partial charge >= 0.3 is 0 Å². The Morgan fingerprint density at radius 3 is 2.83 bits per heavy atom. The number of aromatic nitrogens is 1. The minimum atomic E-state index is 0.143. The van der Waals surface area contributed by atoms with Gasteiger partial charge in [0.05, 0.1) is 13.7 Å². The van der Waals surface area contributed by atoms with Gasteiger partial charge in [0.1, 0.15) is 0 Å². The molecule has 0 aliphatic carbocycles. The van der Waals surface area contributed by atoms with Gasteiger partial charge in [-0.2, -0.15) is 4.37 Å². The fourth-order valence-corrected chi connectivity index (χ4v) is 2.80. The summed E-state index contributed by atoms with van der Waals surface area (Å²) in [5.74, 6) is 1.07. The van der Waals surface area contributed by atoms with Crippen molar-refractivity contribution in [2.45, 2.75) is 12.8 Å². The topological polar surface area (TPSA) is 71.7 Å². The van der Waals surface area contributed by atoms with E-state index in [1.165, 1.54) is 11.5 Å². The van der Waals surface area contributed by atoms with Crippen LogP contribution >= 0.6 is 11.5 Å². The number of carbonyl (C=O) groups is 1. The van der Waals surface area contributed by atoms with E-state index in [-0.39, 0.29) is 5.91 Å². The zero-order chi connectivity index (χ0) is 13.1. The number of nitrogen functional groups attached to an aromatic ring is 1. The summed E-state index contributed by atoms with van der Waals surface area (Å²) in [5.41, 5.74) is 5.69. The van der Waals surface area contributed by atoms with Crippen molar-refractivity contribution >= 4 is 28.3 Å². The molecule has 1 aromatic rings. The van der Waals surface area contributed by atoms with Gasteiger partial charge in [-0.3, -0.25) is 4.79 Å². The normalized spacial score (nSPS) is 14.9. The second kappa shape index (κ2) is 5.43. The molecule has 0 bridgehead atoms. The third-order valence-electron chi connectivity index (χ3n) is 3.04. The maximum atomic E-state index is 12.0. The largest absolute Gasteiger partial charge is 0.490 e. The average molecular weight is 270 g/mol. The van der Waals surface area contributed by atoms with Gasteiger partial charge in [0.25, 0.3) is 0 Å². The Kier molecular flexibility index (Phi) is 3.90. The van der Waals surface area contributed by atoms with E-state index in [0.29, 0.717) is 18.1 Å². The van der Waals surface area contributed by atoms with Crippen molar-refractivity contribution in [1.29, 1.82) is 0 Å². The van der Waals surface area contributed by atoms with Gasteiger partial charge in [-0.1, -0.05) is 0 Å². The highest BCUT2D eigenvalue weighted by molar-refractivity contribution is 7.11. The molecule has 1 fully saturated rings. The summed E-state index contributed by atoms with van der Waals surface area (Å²) in [6.45, 7) is 2.07. The quantitative estimate of drug-likeness (QED) is 0.876. The Labute approximate surface area is 110 Å². The highest BCUT2D eigenvalue weighted by Crippen LogP contribution is 2.37. The summed E-state index contributed by atoms with van der Waals surface area (Å²) >= 11 is 1.25. The zero-order valence-corrected chi connectivity index (χ0v) is 11.5. The van der Waals surface area contributed by atoms with E-state index in [1.807, 2.05) is 16.8 Å². The maximum Gasteiger partial charge on any atom is 0.242 e. The van der Waals surface area contributed by atoms with E-state index >= 15 is 0 Å². The summed E-state index contributed by atoms with van der Waals surface area (Å²) in [6.07, 6.45) is 2.21. The Balaban J connectivity index is 2.02. The first-order valence-corrected chi connectivity index (χ1v) is 6.69. The summed E-state index contributed by atoms with van der Waals surface area (Å²) in [6, 6.07) is 0. The molecule has 0 saturated carbocycles. The third kappa shape index (κ3) is 2.50. The lowest BCUT2D eigenvalue weighted by atomic mass is 10.4. The molecular weight excluding hydrogens is 252 g/mol. The fraction of sp³-hybridized carbons (Fsp3) is 0.636. The van der Waals surface area contributed by atoms with E-state index in [9.17, 15) is 4.79 Å². The lowest BCUT2D eigenvalue weighted by Crippen LogP contribution is -2.37. The number of rotatable bonds is 4. The number of likely N-dealkylation sites (tertiary alicyclic amines) is 1. The number of likely N-dealkylation sites (N-methyl/N-ethyl adjacent to an activating group) is 1. The van der Waals surface area contributed by atoms with Crippen LogP contribution in [0.4, 0.5) is 10.8 Å². The summed E-state index contributed by atoms with van der Waals surface area (Å²) < 4.78 is 9.24. The number of hydrogen-bond donors (Lipinski definition) is 1. The van der Waals surface area contributed by atoms with Gasteiger partial charge < -0.3 is 20.3 Å². The second-order valence-electron chi connectivity index (χ2n) is 4.35. The van der Waals surface area contributed by atoms with Crippen LogP contribution in [0.1, 0.15) is 12.8 Å². The van der Waals surface area contributed by atoms with Gasteiger partial charge in [0.15, 0.2) is 16.6 Å². The summed E-state index contributed by atoms with van der Waals surface area (Å²) in [7, 11) is 3.41. The van der Waals surface area contributed by atoms with Crippen LogP contribution in [-0.2, 0) is 4.79 Å². The molecule has 0 atom stereocenters. The average Bonchev–Trinajstić information content (AvgIpc) is 2.97. The predicted octanol–water partition coefficient (Wildman–Crippen LogP) is 0.792. The van der Waals surface area contributed by atoms with Crippen molar-refractivity contribution in [1.82, 2.24) is 9.27 Å². The SMILES string of the molecule is COc1c(N)nsc1N(C)CC(=O)N1CCCC1. The minimum absolute atomic E-state index is 0.143. The number of carbonyl (C=O) groups excluding carboxylic acids is 1. The van der Waals surface area contributed by atoms with Crippen LogP contribution in [0.25, 0.3) is 0 Å². The number of ether oxygens (including phenoxy) is 1. The minimum Gasteiger partial charge on any atom is -0.490 e. The number of amides is 1. The Hall–Kier alpha value is -1.50. The molecule has 1 aliphatic heterocycles. The van der Waals surface area contributed by atoms with E-state index in [2.05, 4.69) is 4.37 Å². The molecule has 1 amide bonds. The molecular formula is C11H18N4O2S. The van der Waals surface area contributed by atoms with E-state index in [4.69, 9.17) is 10.5 Å². The molecule has 2 heterocycles. The van der Waals surface area contributed by atoms with Crippen LogP contribution in [0.15, 0.2) is 0 Å². The van der Waals surface area contributed by atoms with Gasteiger partial charge in [-0.15, -0.1) is 0 Å².